The van der Waals surface area contributed by atoms with Crippen LogP contribution in [0.15, 0.2) is 18.2 Å². The molecule has 73 valence electrons. The van der Waals surface area contributed by atoms with Gasteiger partial charge in [-0.25, -0.2) is 0 Å². The average Bonchev–Trinajstić information content (AvgIpc) is 2.10. The third-order valence-corrected chi connectivity index (χ3v) is 1.77. The molecule has 0 spiro atoms. The minimum absolute atomic E-state index is 0.265. The van der Waals surface area contributed by atoms with Crippen molar-refractivity contribution in [2.45, 2.75) is 20.3 Å². The summed E-state index contributed by atoms with van der Waals surface area (Å²) < 4.78 is 4.94. The number of benzene rings is 1. The first-order valence-corrected chi connectivity index (χ1v) is 4.26. The van der Waals surface area contributed by atoms with Gasteiger partial charge >= 0.3 is 5.97 Å². The molecule has 0 amide bonds. The number of rotatable bonds is 3. The van der Waals surface area contributed by atoms with Crippen molar-refractivity contribution in [3.63, 3.8) is 0 Å². The number of aryl methyl sites for hydroxylation is 1. The molecule has 0 aliphatic heterocycles. The summed E-state index contributed by atoms with van der Waals surface area (Å²) in [6.45, 7) is 3.18. The minimum atomic E-state index is -0.345. The van der Waals surface area contributed by atoms with Crippen molar-refractivity contribution in [1.82, 2.24) is 0 Å². The highest BCUT2D eigenvalue weighted by Crippen LogP contribution is 2.19. The second kappa shape index (κ2) is 4.56. The highest BCUT2D eigenvalue weighted by Gasteiger charge is 2.03. The summed E-state index contributed by atoms with van der Waals surface area (Å²) in [5.74, 6) is 0.190. The molecule has 0 aliphatic carbocycles. The molecule has 0 saturated carbocycles. The Labute approximate surface area is 82.7 Å². The molecule has 0 bridgehead atoms. The lowest BCUT2D eigenvalue weighted by molar-refractivity contribution is -0.131. The van der Waals surface area contributed by atoms with Crippen LogP contribution in [0.5, 0.6) is 5.75 Å². The predicted molar refractivity (Wildman–Crippen MR) is 51.9 cm³/mol. The van der Waals surface area contributed by atoms with Crippen LogP contribution in [0, 0.1) is 6.92 Å². The van der Waals surface area contributed by atoms with Gasteiger partial charge in [-0.05, 0) is 24.1 Å². The molecule has 1 aromatic carbocycles. The molecule has 1 aromatic rings. The molecular weight excluding hydrogens is 180 g/mol. The van der Waals surface area contributed by atoms with Gasteiger partial charge in [-0.1, -0.05) is 12.1 Å². The maximum Gasteiger partial charge on any atom is 0.308 e. The van der Waals surface area contributed by atoms with E-state index in [0.717, 1.165) is 11.1 Å². The van der Waals surface area contributed by atoms with E-state index in [1.54, 1.807) is 12.1 Å². The summed E-state index contributed by atoms with van der Waals surface area (Å²) in [5, 5.41) is 0. The maximum atomic E-state index is 10.7. The van der Waals surface area contributed by atoms with Gasteiger partial charge in [0.15, 0.2) is 0 Å². The third-order valence-electron chi connectivity index (χ3n) is 1.77. The summed E-state index contributed by atoms with van der Waals surface area (Å²) in [6, 6.07) is 5.24. The van der Waals surface area contributed by atoms with Gasteiger partial charge in [-0.3, -0.25) is 9.59 Å². The fourth-order valence-corrected chi connectivity index (χ4v) is 1.17. The first-order chi connectivity index (χ1) is 6.63. The van der Waals surface area contributed by atoms with Gasteiger partial charge in [0, 0.05) is 13.3 Å². The van der Waals surface area contributed by atoms with Gasteiger partial charge in [-0.15, -0.1) is 0 Å². The quantitative estimate of drug-likeness (QED) is 0.538. The van der Waals surface area contributed by atoms with Gasteiger partial charge in [0.25, 0.3) is 0 Å². The minimum Gasteiger partial charge on any atom is -0.426 e. The molecule has 0 saturated heterocycles. The van der Waals surface area contributed by atoms with Crippen molar-refractivity contribution < 1.29 is 14.3 Å². The largest absolute Gasteiger partial charge is 0.426 e. The smallest absolute Gasteiger partial charge is 0.308 e. The second-order valence-electron chi connectivity index (χ2n) is 3.01. The Morgan fingerprint density at radius 2 is 2.21 bits per heavy atom. The third kappa shape index (κ3) is 2.69. The molecule has 0 atom stereocenters. The van der Waals surface area contributed by atoms with Crippen molar-refractivity contribution in [2.75, 3.05) is 0 Å². The zero-order valence-corrected chi connectivity index (χ0v) is 8.16. The Balaban J connectivity index is 2.89. The van der Waals surface area contributed by atoms with Gasteiger partial charge < -0.3 is 4.74 Å². The molecule has 1 rings (SSSR count). The van der Waals surface area contributed by atoms with Crippen LogP contribution in [0.1, 0.15) is 18.1 Å². The Morgan fingerprint density at radius 1 is 1.50 bits per heavy atom. The summed E-state index contributed by atoms with van der Waals surface area (Å²) in [7, 11) is 0. The Hall–Kier alpha value is -1.64. The van der Waals surface area contributed by atoms with E-state index in [2.05, 4.69) is 0 Å². The van der Waals surface area contributed by atoms with Crippen LogP contribution in [0.3, 0.4) is 0 Å². The van der Waals surface area contributed by atoms with E-state index in [9.17, 15) is 9.59 Å². The lowest BCUT2D eigenvalue weighted by atomic mass is 10.1. The fraction of sp³-hybridized carbons (Fsp3) is 0.273. The van der Waals surface area contributed by atoms with Crippen LogP contribution in [0.4, 0.5) is 0 Å². The summed E-state index contributed by atoms with van der Waals surface area (Å²) in [6.07, 6.45) is 2.08. The molecule has 3 nitrogen and oxygen atoms in total. The van der Waals surface area contributed by atoms with Crippen molar-refractivity contribution in [3.8, 4) is 5.75 Å². The lowest BCUT2D eigenvalue weighted by Crippen LogP contribution is -2.03. The second-order valence-corrected chi connectivity index (χ2v) is 3.01. The van der Waals surface area contributed by atoms with Crippen molar-refractivity contribution >= 4 is 12.3 Å². The summed E-state index contributed by atoms with van der Waals surface area (Å²) >= 11 is 0. The van der Waals surface area contributed by atoms with Crippen LogP contribution in [-0.4, -0.2) is 12.3 Å². The van der Waals surface area contributed by atoms with Crippen LogP contribution < -0.4 is 4.74 Å². The number of ether oxygens (including phenoxy) is 1. The van der Waals surface area contributed by atoms with Crippen LogP contribution in [-0.2, 0) is 16.0 Å². The zero-order valence-electron chi connectivity index (χ0n) is 8.16. The van der Waals surface area contributed by atoms with Gasteiger partial charge in [0.1, 0.15) is 5.75 Å². The Morgan fingerprint density at radius 3 is 2.71 bits per heavy atom. The van der Waals surface area contributed by atoms with E-state index in [1.807, 2.05) is 19.3 Å². The molecule has 0 N–H and O–H groups in total. The number of esters is 1. The monoisotopic (exact) mass is 191 g/mol. The van der Waals surface area contributed by atoms with Crippen LogP contribution >= 0.6 is 0 Å². The number of carbonyl (C=O) groups is 1. The highest BCUT2D eigenvalue weighted by molar-refractivity contribution is 5.70. The number of carbonyl (C=O) groups excluding carboxylic acids is 2. The molecule has 14 heavy (non-hydrogen) atoms. The van der Waals surface area contributed by atoms with Crippen molar-refractivity contribution in [2.24, 2.45) is 0 Å². The topological polar surface area (TPSA) is 43.4 Å². The first kappa shape index (κ1) is 10.4. The lowest BCUT2D eigenvalue weighted by Gasteiger charge is -2.05. The Kier molecular flexibility index (Phi) is 3.40. The number of hydrogen-bond acceptors (Lipinski definition) is 3. The van der Waals surface area contributed by atoms with E-state index in [0.29, 0.717) is 5.75 Å². The molecule has 0 heterocycles. The van der Waals surface area contributed by atoms with Crippen molar-refractivity contribution in [1.29, 1.82) is 0 Å². The van der Waals surface area contributed by atoms with Gasteiger partial charge in [0.05, 0.1) is 0 Å². The number of hydrogen-bond donors (Lipinski definition) is 0. The first-order valence-electron chi connectivity index (χ1n) is 4.26. The molecule has 3 heteroatoms. The molecule has 0 fully saturated rings. The predicted octanol–water partition coefficient (Wildman–Crippen LogP) is 1.57. The van der Waals surface area contributed by atoms with Crippen LogP contribution in [0.2, 0.25) is 0 Å². The van der Waals surface area contributed by atoms with E-state index < -0.39 is 0 Å². The highest BCUT2D eigenvalue weighted by atomic mass is 16.5. The molecule has 0 aromatic heterocycles. The standard InChI is InChI=1S/C11H11O3/c1-8-7-10(5-6-12)3-4-11(8)14-9(2)13/h3-4,7H,5H2,1-2H3. The molecule has 1 radical (unpaired) electrons. The SMILES string of the molecule is CC(=O)Oc1ccc(C[C]=O)cc1C. The van der Waals surface area contributed by atoms with E-state index in [4.69, 9.17) is 4.74 Å². The van der Waals surface area contributed by atoms with Crippen LogP contribution in [0.25, 0.3) is 0 Å². The molecule has 0 unspecified atom stereocenters. The van der Waals surface area contributed by atoms with E-state index in [-0.39, 0.29) is 12.4 Å². The van der Waals surface area contributed by atoms with Gasteiger partial charge in [0.2, 0.25) is 6.29 Å². The van der Waals surface area contributed by atoms with E-state index in [1.165, 1.54) is 6.92 Å². The fourth-order valence-electron chi connectivity index (χ4n) is 1.17. The Bertz CT molecular complexity index is 356. The molecular formula is C11H11O3. The van der Waals surface area contributed by atoms with Gasteiger partial charge in [-0.2, -0.15) is 0 Å². The summed E-state index contributed by atoms with van der Waals surface area (Å²) in [5.41, 5.74) is 1.71. The maximum absolute atomic E-state index is 10.7. The summed E-state index contributed by atoms with van der Waals surface area (Å²) in [4.78, 5) is 20.8. The van der Waals surface area contributed by atoms with Crippen molar-refractivity contribution in [3.05, 3.63) is 29.3 Å². The average molecular weight is 191 g/mol. The molecule has 0 aliphatic rings. The normalized spacial score (nSPS) is 9.57. The zero-order chi connectivity index (χ0) is 10.6. The van der Waals surface area contributed by atoms with E-state index >= 15 is 0 Å².